The number of carbonyl (C=O) groups is 2. The van der Waals surface area contributed by atoms with Crippen LogP contribution in [0.4, 0.5) is 10.5 Å². The Hall–Kier alpha value is -2.40. The maximum absolute atomic E-state index is 12.4. The molecule has 1 saturated heterocycles. The highest BCUT2D eigenvalue weighted by Crippen LogP contribution is 2.22. The first-order valence-corrected chi connectivity index (χ1v) is 7.12. The molecule has 1 fully saturated rings. The zero-order chi connectivity index (χ0) is 14.8. The van der Waals surface area contributed by atoms with Gasteiger partial charge in [-0.15, -0.1) is 0 Å². The quantitative estimate of drug-likeness (QED) is 0.670. The molecule has 1 heterocycles. The van der Waals surface area contributed by atoms with Crippen molar-refractivity contribution in [1.29, 1.82) is 0 Å². The number of nitrogens with one attached hydrogen (secondary N) is 1. The van der Waals surface area contributed by atoms with E-state index in [1.54, 1.807) is 30.3 Å². The summed E-state index contributed by atoms with van der Waals surface area (Å²) in [4.78, 5) is 25.5. The molecular weight excluding hydrogens is 332 g/mol. The van der Waals surface area contributed by atoms with Crippen molar-refractivity contribution in [3.63, 3.8) is 0 Å². The number of anilines is 1. The summed E-state index contributed by atoms with van der Waals surface area (Å²) in [6.45, 7) is 0. The lowest BCUT2D eigenvalue weighted by Gasteiger charge is -2.10. The molecule has 2 aromatic carbocycles. The Labute approximate surface area is 130 Å². The fraction of sp³-hybridized carbons (Fsp3) is 0. The standard InChI is InChI=1S/C16H11BrN2O2/c17-12-6-4-5-11(9-12)10-14-15(20)19(16(21)18-14)13-7-2-1-3-8-13/h1-10H,(H,18,21)/b14-10-. The third kappa shape index (κ3) is 2.73. The van der Waals surface area contributed by atoms with Crippen molar-refractivity contribution in [3.8, 4) is 0 Å². The van der Waals surface area contributed by atoms with Crippen LogP contribution in [0.1, 0.15) is 5.56 Å². The minimum atomic E-state index is -0.438. The van der Waals surface area contributed by atoms with Gasteiger partial charge in [0.25, 0.3) is 5.91 Å². The van der Waals surface area contributed by atoms with Crippen molar-refractivity contribution in [2.45, 2.75) is 0 Å². The van der Waals surface area contributed by atoms with E-state index >= 15 is 0 Å². The molecule has 0 atom stereocenters. The molecule has 0 unspecified atom stereocenters. The van der Waals surface area contributed by atoms with Crippen LogP contribution in [0.3, 0.4) is 0 Å². The van der Waals surface area contributed by atoms with E-state index in [2.05, 4.69) is 21.2 Å². The van der Waals surface area contributed by atoms with Gasteiger partial charge in [-0.3, -0.25) is 4.79 Å². The van der Waals surface area contributed by atoms with Gasteiger partial charge in [-0.25, -0.2) is 9.69 Å². The van der Waals surface area contributed by atoms with Gasteiger partial charge in [0.05, 0.1) is 5.69 Å². The summed E-state index contributed by atoms with van der Waals surface area (Å²) in [5, 5.41) is 2.60. The summed E-state index contributed by atoms with van der Waals surface area (Å²) < 4.78 is 0.911. The normalized spacial score (nSPS) is 16.4. The molecule has 104 valence electrons. The van der Waals surface area contributed by atoms with Gasteiger partial charge >= 0.3 is 6.03 Å². The van der Waals surface area contributed by atoms with E-state index in [1.165, 1.54) is 0 Å². The molecule has 1 aliphatic heterocycles. The number of hydrogen-bond acceptors (Lipinski definition) is 2. The van der Waals surface area contributed by atoms with Gasteiger partial charge < -0.3 is 5.32 Å². The molecule has 0 aromatic heterocycles. The van der Waals surface area contributed by atoms with Crippen molar-refractivity contribution in [2.75, 3.05) is 4.90 Å². The number of amides is 3. The van der Waals surface area contributed by atoms with E-state index in [9.17, 15) is 9.59 Å². The number of benzene rings is 2. The molecule has 4 nitrogen and oxygen atoms in total. The summed E-state index contributed by atoms with van der Waals surface area (Å²) in [5.41, 5.74) is 1.66. The van der Waals surface area contributed by atoms with Gasteiger partial charge in [-0.1, -0.05) is 46.3 Å². The Balaban J connectivity index is 1.94. The van der Waals surface area contributed by atoms with Crippen LogP contribution in [0.15, 0.2) is 64.8 Å². The summed E-state index contributed by atoms with van der Waals surface area (Å²) in [5.74, 6) is -0.355. The molecule has 2 aromatic rings. The van der Waals surface area contributed by atoms with Crippen LogP contribution in [-0.4, -0.2) is 11.9 Å². The van der Waals surface area contributed by atoms with Crippen LogP contribution < -0.4 is 10.2 Å². The second-order valence-electron chi connectivity index (χ2n) is 4.52. The Morgan fingerprint density at radius 1 is 1.00 bits per heavy atom. The number of carbonyl (C=O) groups excluding carboxylic acids is 2. The molecule has 3 amide bonds. The third-order valence-electron chi connectivity index (χ3n) is 3.05. The lowest BCUT2D eigenvalue weighted by Crippen LogP contribution is -2.30. The highest BCUT2D eigenvalue weighted by molar-refractivity contribution is 9.10. The number of nitrogens with zero attached hydrogens (tertiary/aromatic N) is 1. The second-order valence-corrected chi connectivity index (χ2v) is 5.43. The molecule has 0 radical (unpaired) electrons. The zero-order valence-electron chi connectivity index (χ0n) is 10.9. The van der Waals surface area contributed by atoms with Crippen LogP contribution in [0.2, 0.25) is 0 Å². The Kier molecular flexibility index (Phi) is 3.58. The summed E-state index contributed by atoms with van der Waals surface area (Å²) >= 11 is 3.38. The second kappa shape index (κ2) is 5.54. The molecule has 0 bridgehead atoms. The lowest BCUT2D eigenvalue weighted by atomic mass is 10.2. The van der Waals surface area contributed by atoms with E-state index in [1.807, 2.05) is 30.3 Å². The summed E-state index contributed by atoms with van der Waals surface area (Å²) in [6.07, 6.45) is 1.66. The van der Waals surface area contributed by atoms with Crippen LogP contribution in [-0.2, 0) is 4.79 Å². The largest absolute Gasteiger partial charge is 0.333 e. The highest BCUT2D eigenvalue weighted by atomic mass is 79.9. The SMILES string of the molecule is O=C1N/C(=C\c2cccc(Br)c2)C(=O)N1c1ccccc1. The first kappa shape index (κ1) is 13.6. The molecule has 0 aliphatic carbocycles. The summed E-state index contributed by atoms with van der Waals surface area (Å²) in [7, 11) is 0. The fourth-order valence-electron chi connectivity index (χ4n) is 2.11. The van der Waals surface area contributed by atoms with Crippen LogP contribution in [0.25, 0.3) is 6.08 Å². The van der Waals surface area contributed by atoms with E-state index in [0.717, 1.165) is 14.9 Å². The molecule has 21 heavy (non-hydrogen) atoms. The van der Waals surface area contributed by atoms with Gasteiger partial charge in [-0.2, -0.15) is 0 Å². The minimum Gasteiger partial charge on any atom is -0.302 e. The van der Waals surface area contributed by atoms with Crippen molar-refractivity contribution < 1.29 is 9.59 Å². The van der Waals surface area contributed by atoms with Gasteiger partial charge in [0.1, 0.15) is 5.70 Å². The number of rotatable bonds is 2. The first-order valence-electron chi connectivity index (χ1n) is 6.33. The third-order valence-corrected chi connectivity index (χ3v) is 3.55. The molecule has 0 spiro atoms. The Bertz CT molecular complexity index is 741. The summed E-state index contributed by atoms with van der Waals surface area (Å²) in [6, 6.07) is 15.9. The molecule has 3 rings (SSSR count). The first-order chi connectivity index (χ1) is 10.1. The van der Waals surface area contributed by atoms with E-state index < -0.39 is 6.03 Å². The van der Waals surface area contributed by atoms with Crippen LogP contribution in [0, 0.1) is 0 Å². The molecule has 1 aliphatic rings. The minimum absolute atomic E-state index is 0.266. The van der Waals surface area contributed by atoms with Crippen molar-refractivity contribution in [3.05, 3.63) is 70.3 Å². The predicted octanol–water partition coefficient (Wildman–Crippen LogP) is 3.55. The lowest BCUT2D eigenvalue weighted by molar-refractivity contribution is -0.113. The van der Waals surface area contributed by atoms with Crippen molar-refractivity contribution in [1.82, 2.24) is 5.32 Å². The van der Waals surface area contributed by atoms with Crippen molar-refractivity contribution >= 4 is 39.6 Å². The molecule has 1 N–H and O–H groups in total. The molecular formula is C16H11BrN2O2. The average Bonchev–Trinajstić information content (AvgIpc) is 2.74. The van der Waals surface area contributed by atoms with Crippen molar-refractivity contribution in [2.24, 2.45) is 0 Å². The Morgan fingerprint density at radius 3 is 2.48 bits per heavy atom. The maximum Gasteiger partial charge on any atom is 0.333 e. The number of urea groups is 1. The highest BCUT2D eigenvalue weighted by Gasteiger charge is 2.34. The fourth-order valence-corrected chi connectivity index (χ4v) is 2.53. The van der Waals surface area contributed by atoms with E-state index in [4.69, 9.17) is 0 Å². The van der Waals surface area contributed by atoms with Crippen LogP contribution in [0.5, 0.6) is 0 Å². The average molecular weight is 343 g/mol. The van der Waals surface area contributed by atoms with Gasteiger partial charge in [0.15, 0.2) is 0 Å². The van der Waals surface area contributed by atoms with E-state index in [-0.39, 0.29) is 11.6 Å². The maximum atomic E-state index is 12.4. The smallest absolute Gasteiger partial charge is 0.302 e. The van der Waals surface area contributed by atoms with Gasteiger partial charge in [-0.05, 0) is 35.9 Å². The zero-order valence-corrected chi connectivity index (χ0v) is 12.5. The Morgan fingerprint density at radius 2 is 1.76 bits per heavy atom. The number of hydrogen-bond donors (Lipinski definition) is 1. The predicted molar refractivity (Wildman–Crippen MR) is 84.6 cm³/mol. The molecule has 5 heteroatoms. The monoisotopic (exact) mass is 342 g/mol. The van der Waals surface area contributed by atoms with E-state index in [0.29, 0.717) is 5.69 Å². The topological polar surface area (TPSA) is 49.4 Å². The number of imide groups is 1. The van der Waals surface area contributed by atoms with Gasteiger partial charge in [0.2, 0.25) is 0 Å². The number of para-hydroxylation sites is 1. The van der Waals surface area contributed by atoms with Crippen LogP contribution >= 0.6 is 15.9 Å². The van der Waals surface area contributed by atoms with Gasteiger partial charge in [0, 0.05) is 4.47 Å². The number of halogens is 1. The molecule has 0 saturated carbocycles.